The fraction of sp³-hybridized carbons (Fsp3) is 0.333. The zero-order chi connectivity index (χ0) is 11.3. The Morgan fingerprint density at radius 1 is 1.40 bits per heavy atom. The predicted octanol–water partition coefficient (Wildman–Crippen LogP) is 2.62. The van der Waals surface area contributed by atoms with Crippen LogP contribution in [0.3, 0.4) is 0 Å². The Labute approximate surface area is 90.0 Å². The van der Waals surface area contributed by atoms with Crippen molar-refractivity contribution >= 4 is 5.71 Å². The highest BCUT2D eigenvalue weighted by Crippen LogP contribution is 2.17. The lowest BCUT2D eigenvalue weighted by atomic mass is 9.96. The molecule has 0 aliphatic rings. The van der Waals surface area contributed by atoms with Crippen molar-refractivity contribution in [2.75, 3.05) is 7.11 Å². The third-order valence-electron chi connectivity index (χ3n) is 2.19. The van der Waals surface area contributed by atoms with E-state index in [4.69, 9.17) is 5.26 Å². The molecule has 15 heavy (non-hydrogen) atoms. The highest BCUT2D eigenvalue weighted by molar-refractivity contribution is 5.90. The molecule has 0 heterocycles. The van der Waals surface area contributed by atoms with Crippen molar-refractivity contribution < 1.29 is 4.84 Å². The minimum absolute atomic E-state index is 0.328. The van der Waals surface area contributed by atoms with Crippen molar-refractivity contribution in [3.8, 4) is 6.07 Å². The quantitative estimate of drug-likeness (QED) is 0.558. The first kappa shape index (κ1) is 11.3. The number of nitriles is 1. The molecule has 0 aromatic heterocycles. The number of rotatable bonds is 3. The second-order valence-electron chi connectivity index (χ2n) is 3.39. The Morgan fingerprint density at radius 3 is 2.47 bits per heavy atom. The standard InChI is InChI=1S/C12H14N2O/c1-9-4-6-11(7-5-9)12(8-13)10(2)14-15-3/h4-7,12H,1-3H3. The molecule has 0 radical (unpaired) electrons. The molecule has 0 fully saturated rings. The van der Waals surface area contributed by atoms with Crippen molar-refractivity contribution in [2.24, 2.45) is 5.16 Å². The average Bonchev–Trinajstić information content (AvgIpc) is 2.22. The van der Waals surface area contributed by atoms with Crippen LogP contribution in [-0.4, -0.2) is 12.8 Å². The van der Waals surface area contributed by atoms with Gasteiger partial charge in [0.25, 0.3) is 0 Å². The molecular formula is C12H14N2O. The molecule has 78 valence electrons. The SMILES string of the molecule is CON=C(C)C(C#N)c1ccc(C)cc1. The van der Waals surface area contributed by atoms with Crippen LogP contribution in [0.25, 0.3) is 0 Å². The second kappa shape index (κ2) is 5.16. The van der Waals surface area contributed by atoms with E-state index in [1.165, 1.54) is 12.7 Å². The Bertz CT molecular complexity index is 387. The van der Waals surface area contributed by atoms with E-state index < -0.39 is 0 Å². The molecule has 1 rings (SSSR count). The highest BCUT2D eigenvalue weighted by Gasteiger charge is 2.14. The molecule has 0 saturated heterocycles. The molecule has 1 unspecified atom stereocenters. The maximum absolute atomic E-state index is 9.06. The molecule has 0 N–H and O–H groups in total. The van der Waals surface area contributed by atoms with Gasteiger partial charge in [-0.1, -0.05) is 35.0 Å². The van der Waals surface area contributed by atoms with Gasteiger partial charge in [-0.15, -0.1) is 0 Å². The molecule has 3 nitrogen and oxygen atoms in total. The highest BCUT2D eigenvalue weighted by atomic mass is 16.6. The Balaban J connectivity index is 2.99. The third-order valence-corrected chi connectivity index (χ3v) is 2.19. The van der Waals surface area contributed by atoms with Crippen LogP contribution in [0.1, 0.15) is 24.0 Å². The van der Waals surface area contributed by atoms with Crippen molar-refractivity contribution in [1.29, 1.82) is 5.26 Å². The van der Waals surface area contributed by atoms with Gasteiger partial charge >= 0.3 is 0 Å². The summed E-state index contributed by atoms with van der Waals surface area (Å²) in [5.74, 6) is -0.328. The number of benzene rings is 1. The summed E-state index contributed by atoms with van der Waals surface area (Å²) in [6.45, 7) is 3.80. The van der Waals surface area contributed by atoms with Crippen molar-refractivity contribution in [2.45, 2.75) is 19.8 Å². The lowest BCUT2D eigenvalue weighted by molar-refractivity contribution is 0.212. The van der Waals surface area contributed by atoms with Gasteiger partial charge in [0.2, 0.25) is 0 Å². The van der Waals surface area contributed by atoms with E-state index in [2.05, 4.69) is 16.1 Å². The number of oxime groups is 1. The number of aryl methyl sites for hydroxylation is 1. The molecule has 0 saturated carbocycles. The molecule has 1 atom stereocenters. The van der Waals surface area contributed by atoms with Gasteiger partial charge in [0.1, 0.15) is 13.0 Å². The number of nitrogens with zero attached hydrogens (tertiary/aromatic N) is 2. The van der Waals surface area contributed by atoms with Crippen LogP contribution in [0.2, 0.25) is 0 Å². The van der Waals surface area contributed by atoms with E-state index in [9.17, 15) is 0 Å². The van der Waals surface area contributed by atoms with E-state index in [0.717, 1.165) is 5.56 Å². The first-order valence-corrected chi connectivity index (χ1v) is 4.73. The van der Waals surface area contributed by atoms with Gasteiger partial charge in [-0.25, -0.2) is 0 Å². The van der Waals surface area contributed by atoms with Crippen molar-refractivity contribution in [3.05, 3.63) is 35.4 Å². The Hall–Kier alpha value is -1.82. The minimum atomic E-state index is -0.328. The summed E-state index contributed by atoms with van der Waals surface area (Å²) >= 11 is 0. The zero-order valence-electron chi connectivity index (χ0n) is 9.19. The maximum atomic E-state index is 9.06. The molecule has 0 bridgehead atoms. The summed E-state index contributed by atoms with van der Waals surface area (Å²) in [5.41, 5.74) is 2.79. The van der Waals surface area contributed by atoms with Gasteiger partial charge in [0.15, 0.2) is 0 Å². The van der Waals surface area contributed by atoms with Crippen molar-refractivity contribution in [1.82, 2.24) is 0 Å². The maximum Gasteiger partial charge on any atom is 0.112 e. The van der Waals surface area contributed by atoms with Gasteiger partial charge in [0, 0.05) is 0 Å². The zero-order valence-corrected chi connectivity index (χ0v) is 9.19. The van der Waals surface area contributed by atoms with Crippen molar-refractivity contribution in [3.63, 3.8) is 0 Å². The number of hydrogen-bond donors (Lipinski definition) is 0. The normalized spacial score (nSPS) is 13.1. The summed E-state index contributed by atoms with van der Waals surface area (Å²) in [4.78, 5) is 4.67. The predicted molar refractivity (Wildman–Crippen MR) is 59.7 cm³/mol. The molecule has 0 aliphatic heterocycles. The third kappa shape index (κ3) is 2.81. The summed E-state index contributed by atoms with van der Waals surface area (Å²) in [6, 6.07) is 10.1. The molecule has 0 amide bonds. The topological polar surface area (TPSA) is 45.4 Å². The van der Waals surface area contributed by atoms with E-state index >= 15 is 0 Å². The summed E-state index contributed by atoms with van der Waals surface area (Å²) in [5, 5.41) is 12.8. The first-order valence-electron chi connectivity index (χ1n) is 4.73. The fourth-order valence-electron chi connectivity index (χ4n) is 1.36. The van der Waals surface area contributed by atoms with Gasteiger partial charge in [-0.05, 0) is 19.4 Å². The first-order chi connectivity index (χ1) is 7.19. The van der Waals surface area contributed by atoms with E-state index in [0.29, 0.717) is 5.71 Å². The van der Waals surface area contributed by atoms with Crippen LogP contribution in [-0.2, 0) is 4.84 Å². The fourth-order valence-corrected chi connectivity index (χ4v) is 1.36. The molecular weight excluding hydrogens is 188 g/mol. The average molecular weight is 202 g/mol. The molecule has 3 heteroatoms. The summed E-state index contributed by atoms with van der Waals surface area (Å²) in [7, 11) is 1.48. The van der Waals surface area contributed by atoms with Crippen LogP contribution >= 0.6 is 0 Å². The molecule has 0 aliphatic carbocycles. The van der Waals surface area contributed by atoms with Gasteiger partial charge in [-0.2, -0.15) is 5.26 Å². The Morgan fingerprint density at radius 2 is 2.00 bits per heavy atom. The van der Waals surface area contributed by atoms with Crippen LogP contribution in [0.15, 0.2) is 29.4 Å². The smallest absolute Gasteiger partial charge is 0.112 e. The van der Waals surface area contributed by atoms with Gasteiger partial charge < -0.3 is 4.84 Å². The molecule has 0 spiro atoms. The largest absolute Gasteiger partial charge is 0.399 e. The Kier molecular flexibility index (Phi) is 3.87. The van der Waals surface area contributed by atoms with E-state index in [1.807, 2.05) is 31.2 Å². The monoisotopic (exact) mass is 202 g/mol. The van der Waals surface area contributed by atoms with Crippen LogP contribution in [0.5, 0.6) is 0 Å². The van der Waals surface area contributed by atoms with Crippen LogP contribution in [0, 0.1) is 18.3 Å². The van der Waals surface area contributed by atoms with E-state index in [1.54, 1.807) is 6.92 Å². The molecule has 1 aromatic carbocycles. The molecule has 1 aromatic rings. The van der Waals surface area contributed by atoms with Gasteiger partial charge in [0.05, 0.1) is 11.8 Å². The second-order valence-corrected chi connectivity index (χ2v) is 3.39. The van der Waals surface area contributed by atoms with Crippen LogP contribution < -0.4 is 0 Å². The number of hydrogen-bond acceptors (Lipinski definition) is 3. The lowest BCUT2D eigenvalue weighted by Gasteiger charge is -2.08. The minimum Gasteiger partial charge on any atom is -0.399 e. The van der Waals surface area contributed by atoms with Crippen LogP contribution in [0.4, 0.5) is 0 Å². The van der Waals surface area contributed by atoms with E-state index in [-0.39, 0.29) is 5.92 Å². The van der Waals surface area contributed by atoms with Gasteiger partial charge in [-0.3, -0.25) is 0 Å². The summed E-state index contributed by atoms with van der Waals surface area (Å²) < 4.78 is 0. The summed E-state index contributed by atoms with van der Waals surface area (Å²) in [6.07, 6.45) is 0. The lowest BCUT2D eigenvalue weighted by Crippen LogP contribution is -2.07.